The summed E-state index contributed by atoms with van der Waals surface area (Å²) >= 11 is 3.40. The highest BCUT2D eigenvalue weighted by molar-refractivity contribution is 9.10. The zero-order chi connectivity index (χ0) is 15.2. The Morgan fingerprint density at radius 2 is 1.86 bits per heavy atom. The van der Waals surface area contributed by atoms with Crippen LogP contribution in [0.3, 0.4) is 0 Å². The molecule has 0 saturated heterocycles. The average Bonchev–Trinajstić information content (AvgIpc) is 2.69. The average molecular weight is 344 g/mol. The molecule has 106 valence electrons. The van der Waals surface area contributed by atoms with Crippen molar-refractivity contribution in [2.24, 2.45) is 0 Å². The third-order valence-corrected chi connectivity index (χ3v) is 4.58. The lowest BCUT2D eigenvalue weighted by atomic mass is 9.84. The monoisotopic (exact) mass is 343 g/mol. The minimum absolute atomic E-state index is 0.0389. The standard InChI is InChI=1S/C17H14BrNO2/c1-17(2)12-9-10(7-8-14(12)19-16(17)21)15(20)11-5-3-4-6-13(11)18/h3-9H,1-2H3,(H,19,21). The summed E-state index contributed by atoms with van der Waals surface area (Å²) in [5.41, 5.74) is 2.25. The molecule has 3 rings (SSSR count). The molecule has 1 heterocycles. The van der Waals surface area contributed by atoms with E-state index in [0.29, 0.717) is 11.1 Å². The van der Waals surface area contributed by atoms with Gasteiger partial charge >= 0.3 is 0 Å². The van der Waals surface area contributed by atoms with Crippen LogP contribution in [-0.4, -0.2) is 11.7 Å². The maximum Gasteiger partial charge on any atom is 0.234 e. The smallest absolute Gasteiger partial charge is 0.234 e. The number of rotatable bonds is 2. The summed E-state index contributed by atoms with van der Waals surface area (Å²) in [6.07, 6.45) is 0. The van der Waals surface area contributed by atoms with Crippen LogP contribution in [0.2, 0.25) is 0 Å². The Morgan fingerprint density at radius 1 is 1.14 bits per heavy atom. The van der Waals surface area contributed by atoms with Crippen LogP contribution in [0.15, 0.2) is 46.9 Å². The molecule has 0 radical (unpaired) electrons. The molecule has 2 aromatic carbocycles. The second-order valence-corrected chi connectivity index (χ2v) is 6.50. The predicted octanol–water partition coefficient (Wildman–Crippen LogP) is 3.91. The SMILES string of the molecule is CC1(C)C(=O)Nc2ccc(C(=O)c3ccccc3Br)cc21. The minimum Gasteiger partial charge on any atom is -0.325 e. The Bertz CT molecular complexity index is 765. The molecule has 2 aromatic rings. The van der Waals surface area contributed by atoms with Crippen LogP contribution < -0.4 is 5.32 Å². The number of ketones is 1. The van der Waals surface area contributed by atoms with Gasteiger partial charge in [0.25, 0.3) is 0 Å². The van der Waals surface area contributed by atoms with Gasteiger partial charge in [-0.3, -0.25) is 9.59 Å². The molecule has 3 nitrogen and oxygen atoms in total. The number of carbonyl (C=O) groups is 2. The van der Waals surface area contributed by atoms with Crippen LogP contribution >= 0.6 is 15.9 Å². The van der Waals surface area contributed by atoms with Gasteiger partial charge in [0.2, 0.25) is 5.91 Å². The lowest BCUT2D eigenvalue weighted by molar-refractivity contribution is -0.119. The number of fused-ring (bicyclic) bond motifs is 1. The summed E-state index contributed by atoms with van der Waals surface area (Å²) in [6, 6.07) is 12.7. The van der Waals surface area contributed by atoms with E-state index in [1.807, 2.05) is 38.1 Å². The molecule has 1 aliphatic heterocycles. The second-order valence-electron chi connectivity index (χ2n) is 5.65. The van der Waals surface area contributed by atoms with E-state index in [9.17, 15) is 9.59 Å². The van der Waals surface area contributed by atoms with Crippen molar-refractivity contribution in [3.8, 4) is 0 Å². The Hall–Kier alpha value is -1.94. The zero-order valence-corrected chi connectivity index (χ0v) is 13.3. The molecule has 21 heavy (non-hydrogen) atoms. The molecule has 1 amide bonds. The first-order chi connectivity index (χ1) is 9.91. The number of hydrogen-bond donors (Lipinski definition) is 1. The topological polar surface area (TPSA) is 46.2 Å². The Labute approximate surface area is 131 Å². The number of amides is 1. The second kappa shape index (κ2) is 4.81. The quantitative estimate of drug-likeness (QED) is 0.840. The van der Waals surface area contributed by atoms with Crippen molar-refractivity contribution in [3.05, 3.63) is 63.6 Å². The van der Waals surface area contributed by atoms with E-state index in [0.717, 1.165) is 15.7 Å². The number of hydrogen-bond acceptors (Lipinski definition) is 2. The first kappa shape index (κ1) is 14.0. The number of benzene rings is 2. The Balaban J connectivity index is 2.07. The van der Waals surface area contributed by atoms with Gasteiger partial charge in [0.15, 0.2) is 5.78 Å². The first-order valence-electron chi connectivity index (χ1n) is 6.66. The molecule has 0 aromatic heterocycles. The fraction of sp³-hybridized carbons (Fsp3) is 0.176. The van der Waals surface area contributed by atoms with Gasteiger partial charge in [0.1, 0.15) is 0 Å². The largest absolute Gasteiger partial charge is 0.325 e. The van der Waals surface area contributed by atoms with E-state index >= 15 is 0 Å². The van der Waals surface area contributed by atoms with E-state index in [4.69, 9.17) is 0 Å². The van der Waals surface area contributed by atoms with Gasteiger partial charge in [0, 0.05) is 21.3 Å². The number of nitrogens with one attached hydrogen (secondary N) is 1. The molecule has 0 fully saturated rings. The Kier molecular flexibility index (Phi) is 3.21. The third kappa shape index (κ3) is 2.20. The normalized spacial score (nSPS) is 15.5. The number of carbonyl (C=O) groups excluding carboxylic acids is 2. The van der Waals surface area contributed by atoms with Gasteiger partial charge in [-0.05, 0) is 49.7 Å². The van der Waals surface area contributed by atoms with Gasteiger partial charge < -0.3 is 5.32 Å². The molecule has 0 spiro atoms. The van der Waals surface area contributed by atoms with Gasteiger partial charge in [-0.1, -0.05) is 28.1 Å². The van der Waals surface area contributed by atoms with Crippen LogP contribution in [0.4, 0.5) is 5.69 Å². The summed E-state index contributed by atoms with van der Waals surface area (Å²) in [4.78, 5) is 24.6. The van der Waals surface area contributed by atoms with E-state index in [1.54, 1.807) is 18.2 Å². The van der Waals surface area contributed by atoms with E-state index in [-0.39, 0.29) is 11.7 Å². The van der Waals surface area contributed by atoms with Crippen molar-refractivity contribution in [1.29, 1.82) is 0 Å². The molecule has 1 N–H and O–H groups in total. The molecule has 1 aliphatic rings. The fourth-order valence-electron chi connectivity index (χ4n) is 2.51. The van der Waals surface area contributed by atoms with Crippen LogP contribution in [0, 0.1) is 0 Å². The van der Waals surface area contributed by atoms with Crippen LogP contribution in [0.5, 0.6) is 0 Å². The lowest BCUT2D eigenvalue weighted by Crippen LogP contribution is -2.27. The summed E-state index contributed by atoms with van der Waals surface area (Å²) in [6.45, 7) is 3.72. The molecule has 0 saturated carbocycles. The highest BCUT2D eigenvalue weighted by atomic mass is 79.9. The molecule has 0 atom stereocenters. The number of anilines is 1. The molecule has 0 bridgehead atoms. The summed E-state index contributed by atoms with van der Waals surface area (Å²) in [5.74, 6) is -0.0941. The van der Waals surface area contributed by atoms with E-state index in [2.05, 4.69) is 21.2 Å². The van der Waals surface area contributed by atoms with Crippen molar-refractivity contribution in [2.45, 2.75) is 19.3 Å². The highest BCUT2D eigenvalue weighted by Crippen LogP contribution is 2.38. The third-order valence-electron chi connectivity index (χ3n) is 3.89. The van der Waals surface area contributed by atoms with Gasteiger partial charge in [-0.25, -0.2) is 0 Å². The highest BCUT2D eigenvalue weighted by Gasteiger charge is 2.38. The number of halogens is 1. The summed E-state index contributed by atoms with van der Waals surface area (Å²) < 4.78 is 0.768. The van der Waals surface area contributed by atoms with Crippen LogP contribution in [0.1, 0.15) is 35.3 Å². The maximum atomic E-state index is 12.6. The van der Waals surface area contributed by atoms with Crippen LogP contribution in [0.25, 0.3) is 0 Å². The van der Waals surface area contributed by atoms with E-state index < -0.39 is 5.41 Å². The molecular formula is C17H14BrNO2. The molecule has 4 heteroatoms. The summed E-state index contributed by atoms with van der Waals surface area (Å²) in [5, 5.41) is 2.85. The molecule has 0 unspecified atom stereocenters. The zero-order valence-electron chi connectivity index (χ0n) is 11.7. The van der Waals surface area contributed by atoms with Crippen LogP contribution in [-0.2, 0) is 10.2 Å². The fourth-order valence-corrected chi connectivity index (χ4v) is 2.98. The van der Waals surface area contributed by atoms with Crippen molar-refractivity contribution >= 4 is 33.3 Å². The Morgan fingerprint density at radius 3 is 2.57 bits per heavy atom. The van der Waals surface area contributed by atoms with Gasteiger partial charge in [-0.15, -0.1) is 0 Å². The lowest BCUT2D eigenvalue weighted by Gasteiger charge is -2.15. The van der Waals surface area contributed by atoms with Crippen molar-refractivity contribution < 1.29 is 9.59 Å². The van der Waals surface area contributed by atoms with E-state index in [1.165, 1.54) is 0 Å². The van der Waals surface area contributed by atoms with Crippen molar-refractivity contribution in [1.82, 2.24) is 0 Å². The van der Waals surface area contributed by atoms with Gasteiger partial charge in [0.05, 0.1) is 5.41 Å². The first-order valence-corrected chi connectivity index (χ1v) is 7.46. The maximum absolute atomic E-state index is 12.6. The predicted molar refractivity (Wildman–Crippen MR) is 85.7 cm³/mol. The van der Waals surface area contributed by atoms with Gasteiger partial charge in [-0.2, -0.15) is 0 Å². The van der Waals surface area contributed by atoms with Crippen molar-refractivity contribution in [2.75, 3.05) is 5.32 Å². The minimum atomic E-state index is -0.612. The van der Waals surface area contributed by atoms with Crippen molar-refractivity contribution in [3.63, 3.8) is 0 Å². The molecular weight excluding hydrogens is 330 g/mol. The summed E-state index contributed by atoms with van der Waals surface area (Å²) in [7, 11) is 0. The molecule has 0 aliphatic carbocycles.